The van der Waals surface area contributed by atoms with Gasteiger partial charge in [-0.2, -0.15) is 0 Å². The Bertz CT molecular complexity index is 770. The van der Waals surface area contributed by atoms with Gasteiger partial charge in [-0.1, -0.05) is 17.7 Å². The number of rotatable bonds is 4. The fraction of sp³-hybridized carbons (Fsp3) is 0.133. The largest absolute Gasteiger partial charge is 0.452 e. The van der Waals surface area contributed by atoms with Crippen molar-refractivity contribution in [1.29, 1.82) is 0 Å². The summed E-state index contributed by atoms with van der Waals surface area (Å²) in [6, 6.07) is 7.87. The molecule has 0 saturated heterocycles. The number of aromatic nitrogens is 1. The summed E-state index contributed by atoms with van der Waals surface area (Å²) in [5, 5.41) is 3.07. The molecule has 1 heterocycles. The lowest BCUT2D eigenvalue weighted by atomic mass is 10.2. The topological polar surface area (TPSA) is 88.3 Å². The molecule has 6 nitrogen and oxygen atoms in total. The molecule has 7 heteroatoms. The van der Waals surface area contributed by atoms with Gasteiger partial charge in [0.2, 0.25) is 0 Å². The van der Waals surface area contributed by atoms with Gasteiger partial charge in [-0.25, -0.2) is 4.79 Å². The van der Waals surface area contributed by atoms with Crippen LogP contribution in [-0.4, -0.2) is 23.5 Å². The van der Waals surface area contributed by atoms with Gasteiger partial charge in [0.25, 0.3) is 11.5 Å². The number of H-pyrrole nitrogens is 1. The summed E-state index contributed by atoms with van der Waals surface area (Å²) in [7, 11) is 0. The molecule has 0 aliphatic rings. The van der Waals surface area contributed by atoms with Crippen LogP contribution in [0.25, 0.3) is 0 Å². The van der Waals surface area contributed by atoms with Crippen LogP contribution in [0.15, 0.2) is 41.3 Å². The second-order valence-electron chi connectivity index (χ2n) is 4.50. The first-order valence-electron chi connectivity index (χ1n) is 6.38. The molecular weight excluding hydrogens is 308 g/mol. The summed E-state index contributed by atoms with van der Waals surface area (Å²) in [5.41, 5.74) is 0.627. The summed E-state index contributed by atoms with van der Waals surface area (Å²) in [4.78, 5) is 37.2. The van der Waals surface area contributed by atoms with Gasteiger partial charge in [-0.05, 0) is 36.8 Å². The lowest BCUT2D eigenvalue weighted by Gasteiger charge is -2.09. The highest BCUT2D eigenvalue weighted by Crippen LogP contribution is 2.19. The molecule has 0 fully saturated rings. The molecule has 1 aromatic heterocycles. The van der Waals surface area contributed by atoms with Gasteiger partial charge in [-0.15, -0.1) is 0 Å². The molecule has 2 aromatic rings. The van der Waals surface area contributed by atoms with E-state index in [0.717, 1.165) is 5.56 Å². The third-order valence-corrected chi connectivity index (χ3v) is 3.08. The first kappa shape index (κ1) is 15.8. The van der Waals surface area contributed by atoms with Crippen molar-refractivity contribution in [2.45, 2.75) is 6.92 Å². The molecule has 0 unspecified atom stereocenters. The number of carbonyl (C=O) groups is 2. The maximum absolute atomic E-state index is 11.8. The van der Waals surface area contributed by atoms with E-state index < -0.39 is 24.0 Å². The minimum absolute atomic E-state index is 0.158. The van der Waals surface area contributed by atoms with Crippen LogP contribution in [0.3, 0.4) is 0 Å². The standard InChI is InChI=1S/C15H13ClN2O4/c1-9-4-5-10(16)7-12(9)18-13(19)8-22-15(21)11-3-2-6-17-14(11)20/h2-7H,8H2,1H3,(H,17,20)(H,18,19). The van der Waals surface area contributed by atoms with Gasteiger partial charge in [0.15, 0.2) is 6.61 Å². The number of nitrogens with one attached hydrogen (secondary N) is 2. The van der Waals surface area contributed by atoms with Gasteiger partial charge in [0.05, 0.1) is 0 Å². The molecule has 0 radical (unpaired) electrons. The Labute approximate surface area is 131 Å². The number of pyridine rings is 1. The fourth-order valence-corrected chi connectivity index (χ4v) is 1.88. The summed E-state index contributed by atoms with van der Waals surface area (Å²) < 4.78 is 4.81. The Morgan fingerprint density at radius 3 is 2.82 bits per heavy atom. The number of benzene rings is 1. The molecule has 0 bridgehead atoms. The van der Waals surface area contributed by atoms with E-state index in [1.54, 1.807) is 18.2 Å². The van der Waals surface area contributed by atoms with E-state index in [4.69, 9.17) is 16.3 Å². The van der Waals surface area contributed by atoms with Crippen molar-refractivity contribution >= 4 is 29.2 Å². The summed E-state index contributed by atoms with van der Waals surface area (Å²) in [6.45, 7) is 1.31. The minimum Gasteiger partial charge on any atom is -0.452 e. The average molecular weight is 321 g/mol. The maximum atomic E-state index is 11.8. The number of hydrogen-bond donors (Lipinski definition) is 2. The smallest absolute Gasteiger partial charge is 0.344 e. The molecule has 114 valence electrons. The SMILES string of the molecule is Cc1ccc(Cl)cc1NC(=O)COC(=O)c1ccc[nH]c1=O. The number of hydrogen-bond acceptors (Lipinski definition) is 4. The van der Waals surface area contributed by atoms with Gasteiger partial charge in [0.1, 0.15) is 5.56 Å². The summed E-state index contributed by atoms with van der Waals surface area (Å²) >= 11 is 5.85. The molecule has 22 heavy (non-hydrogen) atoms. The zero-order valence-corrected chi connectivity index (χ0v) is 12.4. The number of anilines is 1. The highest BCUT2D eigenvalue weighted by atomic mass is 35.5. The predicted octanol–water partition coefficient (Wildman–Crippen LogP) is 2.13. The van der Waals surface area contributed by atoms with Crippen molar-refractivity contribution in [3.63, 3.8) is 0 Å². The number of aryl methyl sites for hydroxylation is 1. The van der Waals surface area contributed by atoms with Crippen molar-refractivity contribution in [2.24, 2.45) is 0 Å². The predicted molar refractivity (Wildman–Crippen MR) is 82.2 cm³/mol. The van der Waals surface area contributed by atoms with E-state index in [1.165, 1.54) is 18.3 Å². The Hall–Kier alpha value is -2.60. The van der Waals surface area contributed by atoms with E-state index in [9.17, 15) is 14.4 Å². The molecule has 0 saturated carbocycles. The van der Waals surface area contributed by atoms with Crippen LogP contribution in [0, 0.1) is 6.92 Å². The van der Waals surface area contributed by atoms with Gasteiger partial charge in [-0.3, -0.25) is 9.59 Å². The molecule has 2 N–H and O–H groups in total. The molecule has 1 amide bonds. The molecule has 0 spiro atoms. The fourth-order valence-electron chi connectivity index (χ4n) is 1.71. The van der Waals surface area contributed by atoms with Crippen LogP contribution >= 0.6 is 11.6 Å². The van der Waals surface area contributed by atoms with Gasteiger partial charge >= 0.3 is 5.97 Å². The highest BCUT2D eigenvalue weighted by Gasteiger charge is 2.13. The number of halogens is 1. The molecule has 1 aromatic carbocycles. The van der Waals surface area contributed by atoms with E-state index >= 15 is 0 Å². The number of ether oxygens (including phenoxy) is 1. The zero-order chi connectivity index (χ0) is 16.1. The van der Waals surface area contributed by atoms with Gasteiger partial charge < -0.3 is 15.0 Å². The second-order valence-corrected chi connectivity index (χ2v) is 4.93. The van der Waals surface area contributed by atoms with Crippen LogP contribution in [0.4, 0.5) is 5.69 Å². The summed E-state index contributed by atoms with van der Waals surface area (Å²) in [5.74, 6) is -1.38. The van der Waals surface area contributed by atoms with Crippen molar-refractivity contribution in [3.05, 3.63) is 63.0 Å². The van der Waals surface area contributed by atoms with Crippen molar-refractivity contribution in [3.8, 4) is 0 Å². The highest BCUT2D eigenvalue weighted by molar-refractivity contribution is 6.31. The number of aromatic amines is 1. The van der Waals surface area contributed by atoms with Crippen molar-refractivity contribution in [2.75, 3.05) is 11.9 Å². The Morgan fingerprint density at radius 1 is 1.32 bits per heavy atom. The average Bonchev–Trinajstić information content (AvgIpc) is 2.49. The quantitative estimate of drug-likeness (QED) is 0.845. The second kappa shape index (κ2) is 6.91. The minimum atomic E-state index is -0.861. The van der Waals surface area contributed by atoms with Crippen molar-refractivity contribution < 1.29 is 14.3 Å². The van der Waals surface area contributed by atoms with E-state index in [2.05, 4.69) is 10.3 Å². The number of amides is 1. The van der Waals surface area contributed by atoms with Crippen LogP contribution in [-0.2, 0) is 9.53 Å². The number of esters is 1. The first-order chi connectivity index (χ1) is 10.5. The molecule has 0 atom stereocenters. The normalized spacial score (nSPS) is 10.1. The first-order valence-corrected chi connectivity index (χ1v) is 6.76. The lowest BCUT2D eigenvalue weighted by molar-refractivity contribution is -0.119. The molecular formula is C15H13ClN2O4. The van der Waals surface area contributed by atoms with Gasteiger partial charge in [0, 0.05) is 16.9 Å². The van der Waals surface area contributed by atoms with E-state index in [1.807, 2.05) is 6.92 Å². The Balaban J connectivity index is 1.96. The summed E-state index contributed by atoms with van der Waals surface area (Å²) in [6.07, 6.45) is 1.40. The van der Waals surface area contributed by atoms with E-state index in [0.29, 0.717) is 10.7 Å². The lowest BCUT2D eigenvalue weighted by Crippen LogP contribution is -2.24. The van der Waals surface area contributed by atoms with Crippen LogP contribution in [0.1, 0.15) is 15.9 Å². The maximum Gasteiger partial charge on any atom is 0.344 e. The molecule has 0 aliphatic heterocycles. The third kappa shape index (κ3) is 3.95. The monoisotopic (exact) mass is 320 g/mol. The van der Waals surface area contributed by atoms with Crippen LogP contribution < -0.4 is 10.9 Å². The molecule has 0 aliphatic carbocycles. The third-order valence-electron chi connectivity index (χ3n) is 2.85. The number of carbonyl (C=O) groups excluding carboxylic acids is 2. The molecule has 2 rings (SSSR count). The van der Waals surface area contributed by atoms with Crippen molar-refractivity contribution in [1.82, 2.24) is 4.98 Å². The zero-order valence-electron chi connectivity index (χ0n) is 11.7. The van der Waals surface area contributed by atoms with E-state index in [-0.39, 0.29) is 5.56 Å². The van der Waals surface area contributed by atoms with Crippen LogP contribution in [0.5, 0.6) is 0 Å². The van der Waals surface area contributed by atoms with Crippen LogP contribution in [0.2, 0.25) is 5.02 Å². The Kier molecular flexibility index (Phi) is 4.95. The Morgan fingerprint density at radius 2 is 2.09 bits per heavy atom.